The number of carbonyl (C=O) groups excluding carboxylic acids is 2. The van der Waals surface area contributed by atoms with E-state index in [2.05, 4.69) is 4.74 Å². The van der Waals surface area contributed by atoms with Crippen molar-refractivity contribution in [3.63, 3.8) is 0 Å². The van der Waals surface area contributed by atoms with Gasteiger partial charge in [-0.2, -0.15) is 0 Å². The minimum atomic E-state index is -4.88. The minimum Gasteiger partial charge on any atom is -0.507 e. The molecule has 5 rings (SSSR count). The third-order valence-electron chi connectivity index (χ3n) is 6.27. The molecular weight excluding hydrogens is 499 g/mol. The van der Waals surface area contributed by atoms with Crippen LogP contribution >= 0.6 is 0 Å². The molecule has 0 spiro atoms. The third-order valence-corrected chi connectivity index (χ3v) is 6.27. The number of aliphatic hydroxyl groups excluding tert-OH is 1. The number of hydrogen-bond acceptors (Lipinski definition) is 5. The fourth-order valence-corrected chi connectivity index (χ4v) is 4.59. The second-order valence-corrected chi connectivity index (χ2v) is 8.51. The van der Waals surface area contributed by atoms with Gasteiger partial charge in [0.2, 0.25) is 0 Å². The molecule has 1 unspecified atom stereocenters. The van der Waals surface area contributed by atoms with E-state index in [1.165, 1.54) is 19.2 Å². The average Bonchev–Trinajstić information content (AvgIpc) is 3.17. The van der Waals surface area contributed by atoms with Gasteiger partial charge >= 0.3 is 6.36 Å². The smallest absolute Gasteiger partial charge is 0.507 e. The fourth-order valence-electron chi connectivity index (χ4n) is 4.59. The lowest BCUT2D eigenvalue weighted by atomic mass is 9.93. The molecule has 0 aliphatic carbocycles. The number of anilines is 1. The Morgan fingerprint density at radius 1 is 0.842 bits per heavy atom. The van der Waals surface area contributed by atoms with Crippen molar-refractivity contribution in [2.24, 2.45) is 0 Å². The van der Waals surface area contributed by atoms with E-state index in [1.54, 1.807) is 48.5 Å². The molecule has 1 aliphatic rings. The summed E-state index contributed by atoms with van der Waals surface area (Å²) in [6.45, 7) is 0. The quantitative estimate of drug-likeness (QED) is 0.188. The van der Waals surface area contributed by atoms with Crippen LogP contribution in [-0.2, 0) is 9.59 Å². The predicted molar refractivity (Wildman–Crippen MR) is 135 cm³/mol. The zero-order valence-electron chi connectivity index (χ0n) is 19.9. The summed E-state index contributed by atoms with van der Waals surface area (Å²) in [7, 11) is 1.49. The Kier molecular flexibility index (Phi) is 6.28. The van der Waals surface area contributed by atoms with E-state index in [-0.39, 0.29) is 17.0 Å². The highest BCUT2D eigenvalue weighted by Gasteiger charge is 2.47. The first-order valence-corrected chi connectivity index (χ1v) is 11.5. The van der Waals surface area contributed by atoms with Gasteiger partial charge in [0, 0.05) is 11.3 Å². The number of ketones is 1. The first kappa shape index (κ1) is 24.9. The molecule has 9 heteroatoms. The number of rotatable bonds is 5. The lowest BCUT2D eigenvalue weighted by Gasteiger charge is -2.26. The zero-order chi connectivity index (χ0) is 27.0. The summed E-state index contributed by atoms with van der Waals surface area (Å²) in [4.78, 5) is 27.9. The Bertz CT molecular complexity index is 1550. The number of hydrogen-bond donors (Lipinski definition) is 1. The average molecular weight is 519 g/mol. The molecule has 1 atom stereocenters. The van der Waals surface area contributed by atoms with Crippen molar-refractivity contribution in [2.75, 3.05) is 12.0 Å². The number of nitrogens with zero attached hydrogens (tertiary/aromatic N) is 1. The summed E-state index contributed by atoms with van der Waals surface area (Å²) in [5.41, 5.74) is 0.863. The van der Waals surface area contributed by atoms with E-state index >= 15 is 0 Å². The van der Waals surface area contributed by atoms with Gasteiger partial charge in [0.05, 0.1) is 18.7 Å². The van der Waals surface area contributed by atoms with E-state index in [4.69, 9.17) is 4.74 Å². The molecule has 6 nitrogen and oxygen atoms in total. The second kappa shape index (κ2) is 9.59. The van der Waals surface area contributed by atoms with Gasteiger partial charge in [-0.15, -0.1) is 13.2 Å². The van der Waals surface area contributed by atoms with Gasteiger partial charge in [-0.05, 0) is 52.7 Å². The largest absolute Gasteiger partial charge is 0.573 e. The van der Waals surface area contributed by atoms with Crippen LogP contribution < -0.4 is 14.4 Å². The van der Waals surface area contributed by atoms with Gasteiger partial charge in [-0.3, -0.25) is 14.5 Å². The first-order valence-electron chi connectivity index (χ1n) is 11.5. The van der Waals surface area contributed by atoms with Gasteiger partial charge in [-0.25, -0.2) is 0 Å². The summed E-state index contributed by atoms with van der Waals surface area (Å²) in [6, 6.07) is 22.7. The molecule has 4 aromatic carbocycles. The number of aliphatic hydroxyl groups is 1. The van der Waals surface area contributed by atoms with Crippen LogP contribution in [0.15, 0.2) is 96.6 Å². The number of amides is 1. The Morgan fingerprint density at radius 2 is 1.47 bits per heavy atom. The van der Waals surface area contributed by atoms with Crippen molar-refractivity contribution in [2.45, 2.75) is 12.4 Å². The molecule has 1 aliphatic heterocycles. The molecular formula is C29H20F3NO5. The van der Waals surface area contributed by atoms with Gasteiger partial charge in [0.1, 0.15) is 17.3 Å². The van der Waals surface area contributed by atoms with Crippen LogP contribution in [-0.4, -0.2) is 30.3 Å². The number of methoxy groups -OCH3 is 1. The molecule has 0 aromatic heterocycles. The van der Waals surface area contributed by atoms with Crippen LogP contribution in [0.4, 0.5) is 18.9 Å². The van der Waals surface area contributed by atoms with E-state index in [0.29, 0.717) is 22.3 Å². The van der Waals surface area contributed by atoms with Crippen LogP contribution in [0.1, 0.15) is 17.2 Å². The normalized spacial score (nSPS) is 17.2. The molecule has 1 heterocycles. The molecule has 0 radical (unpaired) electrons. The van der Waals surface area contributed by atoms with E-state index in [1.807, 2.05) is 18.2 Å². The van der Waals surface area contributed by atoms with Crippen LogP contribution in [0, 0.1) is 0 Å². The molecule has 1 fully saturated rings. The predicted octanol–water partition coefficient (Wildman–Crippen LogP) is 6.37. The number of benzene rings is 4. The number of alkyl halides is 3. The molecule has 0 saturated carbocycles. The van der Waals surface area contributed by atoms with Crippen molar-refractivity contribution < 1.29 is 37.3 Å². The van der Waals surface area contributed by atoms with E-state index in [0.717, 1.165) is 22.4 Å². The molecule has 38 heavy (non-hydrogen) atoms. The third kappa shape index (κ3) is 4.54. The number of halogens is 3. The second-order valence-electron chi connectivity index (χ2n) is 8.51. The number of fused-ring (bicyclic) bond motifs is 1. The number of carbonyl (C=O) groups is 2. The topological polar surface area (TPSA) is 76.1 Å². The number of Topliss-reactive ketones (excluding diaryl/α,β-unsaturated/α-hetero) is 1. The van der Waals surface area contributed by atoms with Gasteiger partial charge in [-0.1, -0.05) is 54.6 Å². The lowest BCUT2D eigenvalue weighted by Crippen LogP contribution is -2.29. The zero-order valence-corrected chi connectivity index (χ0v) is 19.9. The Morgan fingerprint density at radius 3 is 2.13 bits per heavy atom. The highest BCUT2D eigenvalue weighted by Crippen LogP contribution is 2.43. The summed E-state index contributed by atoms with van der Waals surface area (Å²) in [5.74, 6) is -2.16. The molecule has 192 valence electrons. The van der Waals surface area contributed by atoms with Crippen molar-refractivity contribution in [1.82, 2.24) is 0 Å². The Hall–Kier alpha value is -4.79. The highest BCUT2D eigenvalue weighted by atomic mass is 19.4. The van der Waals surface area contributed by atoms with E-state index in [9.17, 15) is 27.9 Å². The SMILES string of the molecule is COc1ccc(C2/C(=C(/O)c3cccc4ccccc34)C(=O)C(=O)N2c2ccc(OC(F)(F)F)cc2)cc1. The van der Waals surface area contributed by atoms with Crippen LogP contribution in [0.5, 0.6) is 11.5 Å². The minimum absolute atomic E-state index is 0.146. The molecule has 1 amide bonds. The fraction of sp³-hybridized carbons (Fsp3) is 0.103. The summed E-state index contributed by atoms with van der Waals surface area (Å²) in [6.07, 6.45) is -4.88. The Balaban J connectivity index is 1.68. The van der Waals surface area contributed by atoms with Crippen molar-refractivity contribution in [1.29, 1.82) is 0 Å². The highest BCUT2D eigenvalue weighted by molar-refractivity contribution is 6.51. The summed E-state index contributed by atoms with van der Waals surface area (Å²) >= 11 is 0. The van der Waals surface area contributed by atoms with Gasteiger partial charge < -0.3 is 14.6 Å². The van der Waals surface area contributed by atoms with Crippen LogP contribution in [0.25, 0.3) is 16.5 Å². The summed E-state index contributed by atoms with van der Waals surface area (Å²) < 4.78 is 47.1. The lowest BCUT2D eigenvalue weighted by molar-refractivity contribution is -0.274. The first-order chi connectivity index (χ1) is 18.2. The Labute approximate surface area is 215 Å². The molecule has 1 N–H and O–H groups in total. The molecule has 0 bridgehead atoms. The van der Waals surface area contributed by atoms with Crippen LogP contribution in [0.3, 0.4) is 0 Å². The number of ether oxygens (including phenoxy) is 2. The van der Waals surface area contributed by atoms with Gasteiger partial charge in [0.15, 0.2) is 0 Å². The molecule has 4 aromatic rings. The van der Waals surface area contributed by atoms with Crippen molar-refractivity contribution >= 4 is 33.9 Å². The standard InChI is InChI=1S/C29H20F3NO5/c1-37-20-13-9-18(10-14-20)25-24(26(34)23-8-4-6-17-5-2-3-7-22(17)23)27(35)28(36)33(25)19-11-15-21(16-12-19)38-29(30,31)32/h2-16,25,34H,1H3/b26-24-. The maximum absolute atomic E-state index is 13.4. The van der Waals surface area contributed by atoms with Crippen LogP contribution in [0.2, 0.25) is 0 Å². The monoisotopic (exact) mass is 519 g/mol. The van der Waals surface area contributed by atoms with Crippen molar-refractivity contribution in [3.05, 3.63) is 108 Å². The van der Waals surface area contributed by atoms with Gasteiger partial charge in [0.25, 0.3) is 11.7 Å². The van der Waals surface area contributed by atoms with E-state index < -0.39 is 29.8 Å². The summed E-state index contributed by atoms with van der Waals surface area (Å²) in [5, 5.41) is 13.0. The maximum atomic E-state index is 13.4. The molecule has 1 saturated heterocycles. The van der Waals surface area contributed by atoms with Crippen molar-refractivity contribution in [3.8, 4) is 11.5 Å². The maximum Gasteiger partial charge on any atom is 0.573 e.